The van der Waals surface area contributed by atoms with Crippen molar-refractivity contribution in [3.63, 3.8) is 0 Å². The highest BCUT2D eigenvalue weighted by atomic mass is 19.1. The van der Waals surface area contributed by atoms with Crippen molar-refractivity contribution in [2.24, 2.45) is 5.92 Å². The van der Waals surface area contributed by atoms with Gasteiger partial charge in [-0.3, -0.25) is 4.79 Å². The van der Waals surface area contributed by atoms with Gasteiger partial charge in [-0.25, -0.2) is 9.18 Å². The molecule has 0 atom stereocenters. The molecule has 1 fully saturated rings. The van der Waals surface area contributed by atoms with Crippen LogP contribution in [-0.4, -0.2) is 42.6 Å². The summed E-state index contributed by atoms with van der Waals surface area (Å²) in [4.78, 5) is 25.7. The molecule has 126 valence electrons. The predicted octanol–water partition coefficient (Wildman–Crippen LogP) is 2.81. The first kappa shape index (κ1) is 17.2. The second-order valence-corrected chi connectivity index (χ2v) is 6.21. The summed E-state index contributed by atoms with van der Waals surface area (Å²) in [6, 6.07) is 5.57. The molecule has 23 heavy (non-hydrogen) atoms. The molecule has 0 bridgehead atoms. The van der Waals surface area contributed by atoms with E-state index in [1.165, 1.54) is 24.3 Å². The third-order valence-corrected chi connectivity index (χ3v) is 3.74. The van der Waals surface area contributed by atoms with Gasteiger partial charge in [0, 0.05) is 24.7 Å². The SMILES string of the molecule is CC(C)COC(=O)NC1CCN(C(=O)c2ccc(F)cc2)CC1. The van der Waals surface area contributed by atoms with Gasteiger partial charge in [-0.15, -0.1) is 0 Å². The van der Waals surface area contributed by atoms with E-state index in [0.717, 1.165) is 0 Å². The summed E-state index contributed by atoms with van der Waals surface area (Å²) in [5, 5.41) is 2.83. The molecular formula is C17H23FN2O3. The number of hydrogen-bond acceptors (Lipinski definition) is 3. The first-order valence-corrected chi connectivity index (χ1v) is 7.94. The highest BCUT2D eigenvalue weighted by Gasteiger charge is 2.25. The van der Waals surface area contributed by atoms with Gasteiger partial charge in [0.05, 0.1) is 6.61 Å². The zero-order chi connectivity index (χ0) is 16.8. The lowest BCUT2D eigenvalue weighted by atomic mass is 10.0. The van der Waals surface area contributed by atoms with Gasteiger partial charge < -0.3 is 15.0 Å². The minimum absolute atomic E-state index is 0.0203. The molecule has 1 aromatic rings. The smallest absolute Gasteiger partial charge is 0.407 e. The first-order valence-electron chi connectivity index (χ1n) is 7.94. The van der Waals surface area contributed by atoms with Crippen molar-refractivity contribution < 1.29 is 18.7 Å². The van der Waals surface area contributed by atoms with Crippen LogP contribution in [0.2, 0.25) is 0 Å². The second kappa shape index (κ2) is 7.94. The Bertz CT molecular complexity index is 537. The molecule has 0 unspecified atom stereocenters. The number of carbonyl (C=O) groups is 2. The average molecular weight is 322 g/mol. The molecule has 2 rings (SSSR count). The summed E-state index contributed by atoms with van der Waals surface area (Å²) in [6.07, 6.45) is 0.968. The molecule has 0 saturated carbocycles. The van der Waals surface area contributed by atoms with Crippen LogP contribution in [0.5, 0.6) is 0 Å². The number of amides is 2. The average Bonchev–Trinajstić information content (AvgIpc) is 2.54. The third-order valence-electron chi connectivity index (χ3n) is 3.74. The van der Waals surface area contributed by atoms with E-state index in [9.17, 15) is 14.0 Å². The number of benzene rings is 1. The Morgan fingerprint density at radius 2 is 1.87 bits per heavy atom. The number of likely N-dealkylation sites (tertiary alicyclic amines) is 1. The molecule has 1 saturated heterocycles. The maximum atomic E-state index is 12.9. The number of piperidine rings is 1. The molecule has 1 aliphatic rings. The lowest BCUT2D eigenvalue weighted by molar-refractivity contribution is 0.0700. The lowest BCUT2D eigenvalue weighted by Crippen LogP contribution is -2.46. The van der Waals surface area contributed by atoms with Crippen molar-refractivity contribution >= 4 is 12.0 Å². The monoisotopic (exact) mass is 322 g/mol. The van der Waals surface area contributed by atoms with Crippen molar-refractivity contribution in [3.8, 4) is 0 Å². The minimum atomic E-state index is -0.401. The number of carbonyl (C=O) groups excluding carboxylic acids is 2. The van der Waals surface area contributed by atoms with E-state index in [0.29, 0.717) is 44.0 Å². The maximum absolute atomic E-state index is 12.9. The summed E-state index contributed by atoms with van der Waals surface area (Å²) < 4.78 is 18.0. The summed E-state index contributed by atoms with van der Waals surface area (Å²) >= 11 is 0. The van der Waals surface area contributed by atoms with Gasteiger partial charge in [-0.2, -0.15) is 0 Å². The van der Waals surface area contributed by atoms with Gasteiger partial charge in [0.2, 0.25) is 0 Å². The van der Waals surface area contributed by atoms with Gasteiger partial charge in [-0.1, -0.05) is 13.8 Å². The van der Waals surface area contributed by atoms with Gasteiger partial charge in [0.25, 0.3) is 5.91 Å². The van der Waals surface area contributed by atoms with Crippen LogP contribution >= 0.6 is 0 Å². The Morgan fingerprint density at radius 3 is 2.43 bits per heavy atom. The van der Waals surface area contributed by atoms with Gasteiger partial charge in [0.1, 0.15) is 5.82 Å². The maximum Gasteiger partial charge on any atom is 0.407 e. The fourth-order valence-electron chi connectivity index (χ4n) is 2.45. The molecule has 6 heteroatoms. The molecule has 0 spiro atoms. The molecule has 1 aromatic carbocycles. The van der Waals surface area contributed by atoms with E-state index in [1.54, 1.807) is 4.90 Å². The number of nitrogens with zero attached hydrogens (tertiary/aromatic N) is 1. The third kappa shape index (κ3) is 5.23. The Balaban J connectivity index is 1.78. The summed E-state index contributed by atoms with van der Waals surface area (Å²) in [5.41, 5.74) is 0.481. The van der Waals surface area contributed by atoms with E-state index in [4.69, 9.17) is 4.74 Å². The van der Waals surface area contributed by atoms with E-state index in [1.807, 2.05) is 13.8 Å². The first-order chi connectivity index (χ1) is 11.0. The van der Waals surface area contributed by atoms with Crippen molar-refractivity contribution in [2.45, 2.75) is 32.7 Å². The van der Waals surface area contributed by atoms with Gasteiger partial charge in [0.15, 0.2) is 0 Å². The molecule has 2 amide bonds. The number of ether oxygens (including phenoxy) is 1. The van der Waals surface area contributed by atoms with Crippen molar-refractivity contribution in [1.82, 2.24) is 10.2 Å². The molecule has 5 nitrogen and oxygen atoms in total. The quantitative estimate of drug-likeness (QED) is 0.927. The standard InChI is InChI=1S/C17H23FN2O3/c1-12(2)11-23-17(22)19-15-7-9-20(10-8-15)16(21)13-3-5-14(18)6-4-13/h3-6,12,15H,7-11H2,1-2H3,(H,19,22). The molecule has 1 heterocycles. The predicted molar refractivity (Wildman–Crippen MR) is 84.6 cm³/mol. The van der Waals surface area contributed by atoms with Crippen molar-refractivity contribution in [1.29, 1.82) is 0 Å². The van der Waals surface area contributed by atoms with Crippen molar-refractivity contribution in [2.75, 3.05) is 19.7 Å². The van der Waals surface area contributed by atoms with Crippen LogP contribution in [0, 0.1) is 11.7 Å². The molecule has 0 aliphatic carbocycles. The number of alkyl carbamates (subject to hydrolysis) is 1. The highest BCUT2D eigenvalue weighted by molar-refractivity contribution is 5.94. The van der Waals surface area contributed by atoms with Crippen molar-refractivity contribution in [3.05, 3.63) is 35.6 Å². The van der Waals surface area contributed by atoms with E-state index in [-0.39, 0.29) is 17.8 Å². The summed E-state index contributed by atoms with van der Waals surface area (Å²) in [6.45, 7) is 5.48. The Kier molecular flexibility index (Phi) is 5.96. The zero-order valence-corrected chi connectivity index (χ0v) is 13.5. The summed E-state index contributed by atoms with van der Waals surface area (Å²) in [7, 11) is 0. The Hall–Kier alpha value is -2.11. The number of nitrogens with one attached hydrogen (secondary N) is 1. The zero-order valence-electron chi connectivity index (χ0n) is 13.5. The fourth-order valence-corrected chi connectivity index (χ4v) is 2.45. The van der Waals surface area contributed by atoms with Gasteiger partial charge >= 0.3 is 6.09 Å². The molecular weight excluding hydrogens is 299 g/mol. The summed E-state index contributed by atoms with van der Waals surface area (Å²) in [5.74, 6) is -0.161. The van der Waals surface area contributed by atoms with E-state index < -0.39 is 6.09 Å². The number of rotatable bonds is 4. The normalized spacial score (nSPS) is 15.6. The van der Waals surface area contributed by atoms with Gasteiger partial charge in [-0.05, 0) is 43.0 Å². The largest absolute Gasteiger partial charge is 0.449 e. The number of halogens is 1. The van der Waals surface area contributed by atoms with Crippen LogP contribution in [0.3, 0.4) is 0 Å². The molecule has 1 N–H and O–H groups in total. The topological polar surface area (TPSA) is 58.6 Å². The molecule has 1 aliphatic heterocycles. The van der Waals surface area contributed by atoms with Crippen LogP contribution < -0.4 is 5.32 Å². The molecule has 0 radical (unpaired) electrons. The van der Waals surface area contributed by atoms with Crippen LogP contribution in [0.15, 0.2) is 24.3 Å². The van der Waals surface area contributed by atoms with Crippen LogP contribution in [-0.2, 0) is 4.74 Å². The Morgan fingerprint density at radius 1 is 1.26 bits per heavy atom. The van der Waals surface area contributed by atoms with E-state index in [2.05, 4.69) is 5.32 Å². The Labute approximate surface area is 135 Å². The lowest BCUT2D eigenvalue weighted by Gasteiger charge is -2.32. The van der Waals surface area contributed by atoms with E-state index >= 15 is 0 Å². The molecule has 0 aromatic heterocycles. The van der Waals surface area contributed by atoms with Crippen LogP contribution in [0.1, 0.15) is 37.0 Å². The van der Waals surface area contributed by atoms with Crippen LogP contribution in [0.25, 0.3) is 0 Å². The highest BCUT2D eigenvalue weighted by Crippen LogP contribution is 2.14. The van der Waals surface area contributed by atoms with Crippen LogP contribution in [0.4, 0.5) is 9.18 Å². The second-order valence-electron chi connectivity index (χ2n) is 6.21. The fraction of sp³-hybridized carbons (Fsp3) is 0.529. The number of hydrogen-bond donors (Lipinski definition) is 1. The minimum Gasteiger partial charge on any atom is -0.449 e.